The molecule has 0 unspecified atom stereocenters. The second kappa shape index (κ2) is 5.41. The lowest BCUT2D eigenvalue weighted by Crippen LogP contribution is -2.43. The fourth-order valence-electron chi connectivity index (χ4n) is 3.11. The molecule has 120 valence electrons. The van der Waals surface area contributed by atoms with E-state index in [9.17, 15) is 10.0 Å². The minimum atomic E-state index is -0.415. The van der Waals surface area contributed by atoms with Crippen molar-refractivity contribution in [3.05, 3.63) is 76.0 Å². The summed E-state index contributed by atoms with van der Waals surface area (Å²) in [5.41, 5.74) is 3.69. The molecule has 0 aromatic heterocycles. The van der Waals surface area contributed by atoms with Gasteiger partial charge in [0.2, 0.25) is 0 Å². The van der Waals surface area contributed by atoms with E-state index in [0.29, 0.717) is 16.2 Å². The van der Waals surface area contributed by atoms with Crippen molar-refractivity contribution in [2.45, 2.75) is 6.04 Å². The third-order valence-corrected chi connectivity index (χ3v) is 4.42. The van der Waals surface area contributed by atoms with E-state index in [0.717, 1.165) is 16.8 Å². The van der Waals surface area contributed by atoms with E-state index >= 15 is 0 Å². The SMILES string of the molecule is O=C1C2=C(NC(=S)N[C@H]2c2ccc(N([O-])O)cc2)c2ccccc21. The fraction of sp³-hybridized carbons (Fsp3) is 0.0588. The van der Waals surface area contributed by atoms with Crippen molar-refractivity contribution in [2.24, 2.45) is 0 Å². The number of benzene rings is 2. The molecule has 2 aliphatic rings. The molecule has 0 saturated carbocycles. The molecule has 0 spiro atoms. The number of thiocarbonyl (C=S) groups is 1. The van der Waals surface area contributed by atoms with Crippen LogP contribution in [0.25, 0.3) is 5.70 Å². The molecule has 1 heterocycles. The van der Waals surface area contributed by atoms with Gasteiger partial charge >= 0.3 is 0 Å². The molecule has 6 nitrogen and oxygen atoms in total. The van der Waals surface area contributed by atoms with Crippen LogP contribution < -0.4 is 15.9 Å². The topological polar surface area (TPSA) is 87.7 Å². The highest BCUT2D eigenvalue weighted by atomic mass is 32.1. The first-order chi connectivity index (χ1) is 11.6. The number of anilines is 1. The number of nitrogens with zero attached hydrogens (tertiary/aromatic N) is 1. The first-order valence-corrected chi connectivity index (χ1v) is 7.69. The minimum absolute atomic E-state index is 0.0511. The highest BCUT2D eigenvalue weighted by Gasteiger charge is 2.38. The molecule has 2 aromatic rings. The van der Waals surface area contributed by atoms with E-state index in [2.05, 4.69) is 10.6 Å². The van der Waals surface area contributed by atoms with Crippen molar-refractivity contribution in [2.75, 3.05) is 5.23 Å². The lowest BCUT2D eigenvalue weighted by molar-refractivity contribution is 0.103. The summed E-state index contributed by atoms with van der Waals surface area (Å²) in [7, 11) is 0. The third-order valence-electron chi connectivity index (χ3n) is 4.20. The van der Waals surface area contributed by atoms with Crippen LogP contribution in [0, 0.1) is 5.21 Å². The average molecular weight is 338 g/mol. The Bertz CT molecular complexity index is 890. The second-order valence-electron chi connectivity index (χ2n) is 5.56. The highest BCUT2D eigenvalue weighted by Crippen LogP contribution is 2.40. The van der Waals surface area contributed by atoms with Gasteiger partial charge in [-0.25, -0.2) is 0 Å². The Kier molecular flexibility index (Phi) is 3.34. The Morgan fingerprint density at radius 2 is 1.75 bits per heavy atom. The summed E-state index contributed by atoms with van der Waals surface area (Å²) in [6.45, 7) is 0. The van der Waals surface area contributed by atoms with Gasteiger partial charge in [-0.15, -0.1) is 0 Å². The van der Waals surface area contributed by atoms with Crippen molar-refractivity contribution in [3.63, 3.8) is 0 Å². The van der Waals surface area contributed by atoms with Gasteiger partial charge in [-0.3, -0.25) is 10.0 Å². The van der Waals surface area contributed by atoms with Gasteiger partial charge in [-0.1, -0.05) is 36.4 Å². The average Bonchev–Trinajstić information content (AvgIpc) is 2.87. The fourth-order valence-corrected chi connectivity index (χ4v) is 3.33. The van der Waals surface area contributed by atoms with Gasteiger partial charge in [0.25, 0.3) is 0 Å². The summed E-state index contributed by atoms with van der Waals surface area (Å²) in [4.78, 5) is 12.8. The molecule has 4 rings (SSSR count). The smallest absolute Gasteiger partial charge is 0.194 e. The van der Waals surface area contributed by atoms with Crippen LogP contribution in [0.3, 0.4) is 0 Å². The van der Waals surface area contributed by atoms with E-state index in [-0.39, 0.29) is 16.7 Å². The van der Waals surface area contributed by atoms with Crippen molar-refractivity contribution in [1.29, 1.82) is 0 Å². The van der Waals surface area contributed by atoms with Gasteiger partial charge in [-0.2, -0.15) is 0 Å². The van der Waals surface area contributed by atoms with Crippen LogP contribution in [0.2, 0.25) is 0 Å². The van der Waals surface area contributed by atoms with Crippen LogP contribution in [0.15, 0.2) is 54.1 Å². The number of carbonyl (C=O) groups is 1. The Morgan fingerprint density at radius 3 is 2.42 bits per heavy atom. The zero-order valence-corrected chi connectivity index (χ0v) is 13.1. The predicted octanol–water partition coefficient (Wildman–Crippen LogP) is 2.51. The number of nitrogens with one attached hydrogen (secondary N) is 2. The third kappa shape index (κ3) is 2.18. The summed E-state index contributed by atoms with van der Waals surface area (Å²) >= 11 is 5.28. The molecule has 0 amide bonds. The standard InChI is InChI=1S/C17H12N3O3S/c21-16-12-4-2-1-3-11(12)15-13(16)14(18-17(24)19-15)9-5-7-10(8-6-9)20(22)23/h1-8,14,22H,(H2,18,19,24)/q-1/t14-/m0/s1. The van der Waals surface area contributed by atoms with E-state index in [1.54, 1.807) is 18.2 Å². The van der Waals surface area contributed by atoms with Crippen molar-refractivity contribution in [3.8, 4) is 0 Å². The Labute approximate surface area is 142 Å². The quantitative estimate of drug-likeness (QED) is 0.573. The molecule has 0 saturated heterocycles. The molecular weight excluding hydrogens is 326 g/mol. The normalized spacial score (nSPS) is 18.7. The van der Waals surface area contributed by atoms with Crippen molar-refractivity contribution >= 4 is 34.5 Å². The molecule has 2 aromatic carbocycles. The van der Waals surface area contributed by atoms with Crippen LogP contribution >= 0.6 is 12.2 Å². The lowest BCUT2D eigenvalue weighted by atomic mass is 9.94. The first-order valence-electron chi connectivity index (χ1n) is 7.28. The Balaban J connectivity index is 1.81. The molecule has 0 radical (unpaired) electrons. The van der Waals surface area contributed by atoms with Crippen LogP contribution in [0.4, 0.5) is 5.69 Å². The molecular formula is C17H12N3O3S-. The van der Waals surface area contributed by atoms with Gasteiger partial charge in [-0.05, 0) is 29.9 Å². The number of hydrogen-bond donors (Lipinski definition) is 3. The highest BCUT2D eigenvalue weighted by molar-refractivity contribution is 7.80. The van der Waals surface area contributed by atoms with E-state index < -0.39 is 6.04 Å². The number of fused-ring (bicyclic) bond motifs is 2. The number of carbonyl (C=O) groups excluding carboxylic acids is 1. The van der Waals surface area contributed by atoms with E-state index in [4.69, 9.17) is 17.4 Å². The molecule has 1 aliphatic carbocycles. The van der Waals surface area contributed by atoms with Crippen LogP contribution in [-0.2, 0) is 0 Å². The maximum absolute atomic E-state index is 12.8. The first kappa shape index (κ1) is 14.8. The van der Waals surface area contributed by atoms with Gasteiger partial charge in [0.15, 0.2) is 10.9 Å². The van der Waals surface area contributed by atoms with E-state index in [1.165, 1.54) is 12.1 Å². The summed E-state index contributed by atoms with van der Waals surface area (Å²) in [5, 5.41) is 26.3. The maximum Gasteiger partial charge on any atom is 0.194 e. The molecule has 3 N–H and O–H groups in total. The summed E-state index contributed by atoms with van der Waals surface area (Å²) in [6.07, 6.45) is 0. The molecule has 24 heavy (non-hydrogen) atoms. The van der Waals surface area contributed by atoms with E-state index in [1.807, 2.05) is 18.2 Å². The molecule has 0 bridgehead atoms. The van der Waals surface area contributed by atoms with Crippen LogP contribution in [0.5, 0.6) is 0 Å². The lowest BCUT2D eigenvalue weighted by Gasteiger charge is -2.29. The summed E-state index contributed by atoms with van der Waals surface area (Å²) < 4.78 is 0. The molecule has 1 aliphatic heterocycles. The van der Waals surface area contributed by atoms with Crippen molar-refractivity contribution < 1.29 is 10.0 Å². The minimum Gasteiger partial charge on any atom is -0.733 e. The zero-order chi connectivity index (χ0) is 16.8. The number of Topliss-reactive ketones (excluding diaryl/α,β-unsaturated/α-hetero) is 1. The molecule has 1 atom stereocenters. The molecule has 7 heteroatoms. The van der Waals surface area contributed by atoms with Gasteiger partial charge < -0.3 is 21.1 Å². The second-order valence-corrected chi connectivity index (χ2v) is 5.97. The largest absolute Gasteiger partial charge is 0.733 e. The van der Waals surface area contributed by atoms with Gasteiger partial charge in [0, 0.05) is 11.1 Å². The Morgan fingerprint density at radius 1 is 1.08 bits per heavy atom. The maximum atomic E-state index is 12.8. The monoisotopic (exact) mass is 338 g/mol. The predicted molar refractivity (Wildman–Crippen MR) is 93.4 cm³/mol. The van der Waals surface area contributed by atoms with Gasteiger partial charge in [0.1, 0.15) is 0 Å². The summed E-state index contributed by atoms with van der Waals surface area (Å²) in [5.74, 6) is -0.0511. The van der Waals surface area contributed by atoms with Gasteiger partial charge in [0.05, 0.1) is 23.0 Å². The van der Waals surface area contributed by atoms with Crippen molar-refractivity contribution in [1.82, 2.24) is 10.6 Å². The molecule has 0 fully saturated rings. The van der Waals surface area contributed by atoms with Crippen LogP contribution in [0.1, 0.15) is 27.5 Å². The number of rotatable bonds is 2. The zero-order valence-electron chi connectivity index (χ0n) is 12.3. The number of hydrogen-bond acceptors (Lipinski definition) is 5. The number of ketones is 1. The van der Waals surface area contributed by atoms with Crippen LogP contribution in [-0.4, -0.2) is 16.1 Å². The Hall–Kier alpha value is -2.74. The summed E-state index contributed by atoms with van der Waals surface area (Å²) in [6, 6.07) is 13.3.